The van der Waals surface area contributed by atoms with Gasteiger partial charge in [0.25, 0.3) is 0 Å². The van der Waals surface area contributed by atoms with E-state index in [1.807, 2.05) is 0 Å². The SMILES string of the molecule is [CH3][Ge]([CH3])([CH3])[c]1cccc2c1ccc1c(Cl)nccc12. The summed E-state index contributed by atoms with van der Waals surface area (Å²) in [5, 5.41) is 5.49. The molecule has 1 aromatic heterocycles. The molecule has 0 aliphatic carbocycles. The van der Waals surface area contributed by atoms with Crippen LogP contribution in [0.4, 0.5) is 0 Å². The molecule has 3 heteroatoms. The van der Waals surface area contributed by atoms with E-state index in [2.05, 4.69) is 58.7 Å². The van der Waals surface area contributed by atoms with Crippen LogP contribution in [0.1, 0.15) is 0 Å². The fourth-order valence-electron chi connectivity index (χ4n) is 2.64. The fraction of sp³-hybridized carbons (Fsp3) is 0.188. The zero-order valence-corrected chi connectivity index (χ0v) is 14.2. The van der Waals surface area contributed by atoms with Gasteiger partial charge in [0.15, 0.2) is 0 Å². The Morgan fingerprint density at radius 2 is 1.53 bits per heavy atom. The Balaban J connectivity index is 2.49. The Bertz CT molecular complexity index is 775. The molecule has 2 aromatic carbocycles. The molecular weight excluding hydrogens is 314 g/mol. The van der Waals surface area contributed by atoms with Crippen LogP contribution < -0.4 is 4.40 Å². The van der Waals surface area contributed by atoms with E-state index in [1.165, 1.54) is 16.2 Å². The van der Waals surface area contributed by atoms with Crippen LogP contribution in [0.25, 0.3) is 21.5 Å². The first-order valence-corrected chi connectivity index (χ1v) is 14.2. The summed E-state index contributed by atoms with van der Waals surface area (Å²) in [6.07, 6.45) is 1.79. The van der Waals surface area contributed by atoms with Crippen LogP contribution in [0, 0.1) is 0 Å². The van der Waals surface area contributed by atoms with Crippen LogP contribution in [-0.4, -0.2) is 18.3 Å². The predicted molar refractivity (Wildman–Crippen MR) is 87.2 cm³/mol. The molecule has 96 valence electrons. The van der Waals surface area contributed by atoms with Crippen molar-refractivity contribution in [1.29, 1.82) is 0 Å². The molecule has 0 saturated carbocycles. The second-order valence-corrected chi connectivity index (χ2v) is 16.8. The van der Waals surface area contributed by atoms with Gasteiger partial charge in [-0.05, 0) is 0 Å². The molecule has 0 saturated heterocycles. The average Bonchev–Trinajstić information content (AvgIpc) is 2.37. The van der Waals surface area contributed by atoms with Gasteiger partial charge in [-0.25, -0.2) is 0 Å². The molecule has 0 radical (unpaired) electrons. The van der Waals surface area contributed by atoms with Crippen molar-refractivity contribution in [3.8, 4) is 0 Å². The molecule has 19 heavy (non-hydrogen) atoms. The maximum absolute atomic E-state index is 6.19. The Morgan fingerprint density at radius 3 is 2.26 bits per heavy atom. The minimum atomic E-state index is -1.86. The van der Waals surface area contributed by atoms with E-state index in [1.54, 1.807) is 10.6 Å². The van der Waals surface area contributed by atoms with E-state index >= 15 is 0 Å². The summed E-state index contributed by atoms with van der Waals surface area (Å²) >= 11 is 4.32. The molecule has 3 aromatic rings. The van der Waals surface area contributed by atoms with E-state index in [4.69, 9.17) is 11.6 Å². The number of pyridine rings is 1. The Labute approximate surface area is 121 Å². The monoisotopic (exact) mass is 331 g/mol. The summed E-state index contributed by atoms with van der Waals surface area (Å²) in [4.78, 5) is 4.16. The van der Waals surface area contributed by atoms with Gasteiger partial charge >= 0.3 is 121 Å². The minimum absolute atomic E-state index is 0.585. The first-order chi connectivity index (χ1) is 8.98. The number of aromatic nitrogens is 1. The molecule has 0 aliphatic heterocycles. The predicted octanol–water partition coefficient (Wildman–Crippen LogP) is 4.59. The third-order valence-electron chi connectivity index (χ3n) is 3.56. The summed E-state index contributed by atoms with van der Waals surface area (Å²) in [7, 11) is 0. The summed E-state index contributed by atoms with van der Waals surface area (Å²) in [6.45, 7) is 0. The van der Waals surface area contributed by atoms with Crippen LogP contribution in [-0.2, 0) is 0 Å². The van der Waals surface area contributed by atoms with Crippen molar-refractivity contribution in [1.82, 2.24) is 4.98 Å². The molecule has 3 rings (SSSR count). The van der Waals surface area contributed by atoms with Gasteiger partial charge in [0.05, 0.1) is 0 Å². The molecule has 0 fully saturated rings. The number of benzene rings is 2. The van der Waals surface area contributed by atoms with Crippen molar-refractivity contribution in [3.63, 3.8) is 0 Å². The van der Waals surface area contributed by atoms with Crippen LogP contribution >= 0.6 is 11.6 Å². The third-order valence-corrected chi connectivity index (χ3v) is 8.17. The van der Waals surface area contributed by atoms with Crippen LogP contribution in [0.5, 0.6) is 0 Å². The normalized spacial score (nSPS) is 12.2. The van der Waals surface area contributed by atoms with Crippen LogP contribution in [0.15, 0.2) is 42.6 Å². The van der Waals surface area contributed by atoms with E-state index in [-0.39, 0.29) is 0 Å². The Hall–Kier alpha value is -1.06. The first kappa shape index (κ1) is 13.0. The number of hydrogen-bond acceptors (Lipinski definition) is 1. The molecular formula is C16H16ClGeN. The van der Waals surface area contributed by atoms with E-state index in [9.17, 15) is 0 Å². The standard InChI is InChI=1S/C16H16ClGeN/c1-18(2,3)15-6-4-5-11-12-9-10-19-16(17)14(12)8-7-13(11)15/h4-10H,1-3H3. The second-order valence-electron chi connectivity index (χ2n) is 5.91. The summed E-state index contributed by atoms with van der Waals surface area (Å²) < 4.78 is 1.55. The number of halogens is 1. The van der Waals surface area contributed by atoms with Gasteiger partial charge in [-0.2, -0.15) is 0 Å². The van der Waals surface area contributed by atoms with E-state index in [0.717, 1.165) is 5.39 Å². The second kappa shape index (κ2) is 4.50. The number of rotatable bonds is 1. The van der Waals surface area contributed by atoms with Gasteiger partial charge in [0.1, 0.15) is 0 Å². The number of hydrogen-bond donors (Lipinski definition) is 0. The topological polar surface area (TPSA) is 12.9 Å². The Kier molecular flexibility index (Phi) is 3.07. The molecule has 0 amide bonds. The van der Waals surface area contributed by atoms with Crippen LogP contribution in [0.2, 0.25) is 22.4 Å². The zero-order chi connectivity index (χ0) is 13.6. The van der Waals surface area contributed by atoms with Gasteiger partial charge in [0.2, 0.25) is 0 Å². The van der Waals surface area contributed by atoms with Crippen molar-refractivity contribution < 1.29 is 0 Å². The van der Waals surface area contributed by atoms with E-state index in [0.29, 0.717) is 5.15 Å². The van der Waals surface area contributed by atoms with Gasteiger partial charge in [-0.1, -0.05) is 0 Å². The van der Waals surface area contributed by atoms with Crippen LogP contribution in [0.3, 0.4) is 0 Å². The van der Waals surface area contributed by atoms with Crippen molar-refractivity contribution in [2.24, 2.45) is 0 Å². The molecule has 1 nitrogen and oxygen atoms in total. The third kappa shape index (κ3) is 2.15. The van der Waals surface area contributed by atoms with Gasteiger partial charge in [-0.3, -0.25) is 0 Å². The molecule has 0 bridgehead atoms. The zero-order valence-electron chi connectivity index (χ0n) is 11.4. The summed E-state index contributed by atoms with van der Waals surface area (Å²) in [5.74, 6) is 7.29. The van der Waals surface area contributed by atoms with Gasteiger partial charge in [-0.15, -0.1) is 0 Å². The van der Waals surface area contributed by atoms with E-state index < -0.39 is 13.3 Å². The number of nitrogens with zero attached hydrogens (tertiary/aromatic N) is 1. The Morgan fingerprint density at radius 1 is 0.842 bits per heavy atom. The maximum atomic E-state index is 6.19. The molecule has 1 heterocycles. The molecule has 0 aliphatic rings. The quantitative estimate of drug-likeness (QED) is 0.361. The average molecular weight is 330 g/mol. The molecule has 0 unspecified atom stereocenters. The summed E-state index contributed by atoms with van der Waals surface area (Å²) in [6, 6.07) is 13.0. The van der Waals surface area contributed by atoms with Crippen molar-refractivity contribution in [2.75, 3.05) is 0 Å². The van der Waals surface area contributed by atoms with Gasteiger partial charge < -0.3 is 0 Å². The molecule has 0 N–H and O–H groups in total. The molecule has 0 atom stereocenters. The fourth-order valence-corrected chi connectivity index (χ4v) is 6.27. The first-order valence-electron chi connectivity index (χ1n) is 6.45. The van der Waals surface area contributed by atoms with Crippen molar-refractivity contribution in [2.45, 2.75) is 17.3 Å². The summed E-state index contributed by atoms with van der Waals surface area (Å²) in [5.41, 5.74) is 0. The van der Waals surface area contributed by atoms with Gasteiger partial charge in [0, 0.05) is 0 Å². The van der Waals surface area contributed by atoms with Crippen molar-refractivity contribution in [3.05, 3.63) is 47.7 Å². The molecule has 0 spiro atoms. The number of fused-ring (bicyclic) bond motifs is 3. The van der Waals surface area contributed by atoms with Crippen molar-refractivity contribution >= 4 is 50.8 Å².